The number of para-hydroxylation sites is 1. The van der Waals surface area contributed by atoms with Crippen molar-refractivity contribution < 1.29 is 0 Å². The van der Waals surface area contributed by atoms with Crippen molar-refractivity contribution in [2.45, 2.75) is 0 Å². The Morgan fingerprint density at radius 3 is 1.58 bits per heavy atom. The summed E-state index contributed by atoms with van der Waals surface area (Å²) in [4.78, 5) is 19.6. The Kier molecular flexibility index (Phi) is 6.85. The highest BCUT2D eigenvalue weighted by Gasteiger charge is 2.44. The lowest BCUT2D eigenvalue weighted by Gasteiger charge is -2.29. The van der Waals surface area contributed by atoms with Gasteiger partial charge in [0.15, 0.2) is 5.82 Å². The summed E-state index contributed by atoms with van der Waals surface area (Å²) in [5.74, 6) is 1.61. The van der Waals surface area contributed by atoms with E-state index in [0.29, 0.717) is 5.82 Å². The summed E-state index contributed by atoms with van der Waals surface area (Å²) in [6, 6.07) is 56.4. The number of fused-ring (bicyclic) bond motifs is 1. The first-order valence-corrected chi connectivity index (χ1v) is 15.1. The molecule has 2 aromatic heterocycles. The van der Waals surface area contributed by atoms with Gasteiger partial charge in [-0.25, -0.2) is 15.0 Å². The molecule has 7 aromatic rings. The van der Waals surface area contributed by atoms with E-state index in [1.807, 2.05) is 54.7 Å². The molecule has 0 unspecified atom stereocenters. The van der Waals surface area contributed by atoms with Gasteiger partial charge in [-0.15, -0.1) is 0 Å². The maximum Gasteiger partial charge on any atom is 0.421 e. The Morgan fingerprint density at radius 1 is 0.444 bits per heavy atom. The van der Waals surface area contributed by atoms with Crippen LogP contribution in [0.3, 0.4) is 0 Å². The van der Waals surface area contributed by atoms with Crippen molar-refractivity contribution in [1.82, 2.24) is 15.0 Å². The maximum absolute atomic E-state index is 5.03. The highest BCUT2D eigenvalue weighted by molar-refractivity contribution is 6.84. The van der Waals surface area contributed by atoms with Gasteiger partial charge in [0.2, 0.25) is 0 Å². The predicted molar refractivity (Wildman–Crippen MR) is 185 cm³/mol. The zero-order chi connectivity index (χ0) is 30.0. The summed E-state index contributed by atoms with van der Waals surface area (Å²) in [7, 11) is 0. The number of pyridine rings is 1. The van der Waals surface area contributed by atoms with Gasteiger partial charge >= 0.3 is 6.98 Å². The molecule has 5 aromatic carbocycles. The Balaban J connectivity index is 1.24. The lowest BCUT2D eigenvalue weighted by atomic mass is 9.64. The molecular weight excluding hydrogens is 549 g/mol. The van der Waals surface area contributed by atoms with Crippen molar-refractivity contribution in [3.63, 3.8) is 0 Å². The predicted octanol–water partition coefficient (Wildman–Crippen LogP) is 8.56. The average molecular weight is 578 g/mol. The van der Waals surface area contributed by atoms with Crippen molar-refractivity contribution in [1.29, 1.82) is 0 Å². The molecule has 0 saturated heterocycles. The van der Waals surface area contributed by atoms with Crippen LogP contribution in [0.15, 0.2) is 170 Å². The standard InChI is InChI=1S/C39H28BN5/c1-5-14-29(15-6-1)35-28-36(30-16-7-2-8-17-30)43-38(42-35)31-23-25-34(26-24-31)44-37-22-13-27-41-39(37)45(33-20-11-4-12-21-33)40(44)32-18-9-3-10-19-32/h1-28H. The van der Waals surface area contributed by atoms with E-state index in [-0.39, 0.29) is 6.98 Å². The van der Waals surface area contributed by atoms with Crippen LogP contribution in [-0.2, 0) is 0 Å². The third kappa shape index (κ3) is 5.02. The van der Waals surface area contributed by atoms with Crippen molar-refractivity contribution in [2.75, 3.05) is 9.62 Å². The largest absolute Gasteiger partial charge is 0.421 e. The molecular formula is C39H28BN5. The molecule has 6 heteroatoms. The molecule has 0 radical (unpaired) electrons. The zero-order valence-corrected chi connectivity index (χ0v) is 24.5. The summed E-state index contributed by atoms with van der Waals surface area (Å²) < 4.78 is 0. The fourth-order valence-corrected chi connectivity index (χ4v) is 6.04. The number of nitrogens with zero attached hydrogens (tertiary/aromatic N) is 5. The highest BCUT2D eigenvalue weighted by atomic mass is 15.3. The lowest BCUT2D eigenvalue weighted by molar-refractivity contribution is 1.18. The molecule has 0 bridgehead atoms. The normalized spacial score (nSPS) is 12.3. The molecule has 0 fully saturated rings. The topological polar surface area (TPSA) is 45.2 Å². The fraction of sp³-hybridized carbons (Fsp3) is 0. The van der Waals surface area contributed by atoms with E-state index in [2.05, 4.69) is 125 Å². The molecule has 0 amide bonds. The summed E-state index contributed by atoms with van der Waals surface area (Å²) in [6.45, 7) is -0.119. The molecule has 0 aliphatic carbocycles. The van der Waals surface area contributed by atoms with Gasteiger partial charge in [0.25, 0.3) is 0 Å². The van der Waals surface area contributed by atoms with Gasteiger partial charge in [-0.2, -0.15) is 0 Å². The smallest absolute Gasteiger partial charge is 0.359 e. The molecule has 0 atom stereocenters. The third-order valence-corrected chi connectivity index (χ3v) is 8.14. The van der Waals surface area contributed by atoms with Gasteiger partial charge in [0, 0.05) is 34.3 Å². The van der Waals surface area contributed by atoms with E-state index >= 15 is 0 Å². The number of benzene rings is 5. The molecule has 8 rings (SSSR count). The average Bonchev–Trinajstić information content (AvgIpc) is 3.48. The first kappa shape index (κ1) is 26.6. The minimum atomic E-state index is -0.119. The molecule has 3 heterocycles. The molecule has 0 N–H and O–H groups in total. The number of anilines is 4. The van der Waals surface area contributed by atoms with Crippen LogP contribution < -0.4 is 15.1 Å². The van der Waals surface area contributed by atoms with E-state index in [4.69, 9.17) is 15.0 Å². The quantitative estimate of drug-likeness (QED) is 0.185. The van der Waals surface area contributed by atoms with Gasteiger partial charge in [-0.1, -0.05) is 109 Å². The second-order valence-corrected chi connectivity index (χ2v) is 10.9. The second kappa shape index (κ2) is 11.6. The molecule has 212 valence electrons. The summed E-state index contributed by atoms with van der Waals surface area (Å²) in [5, 5.41) is 0. The summed E-state index contributed by atoms with van der Waals surface area (Å²) in [5.41, 5.74) is 9.23. The Bertz CT molecular complexity index is 2000. The van der Waals surface area contributed by atoms with Crippen molar-refractivity contribution >= 4 is 35.3 Å². The van der Waals surface area contributed by atoms with Crippen LogP contribution in [0.5, 0.6) is 0 Å². The van der Waals surface area contributed by atoms with Crippen molar-refractivity contribution in [2.24, 2.45) is 0 Å². The first-order chi connectivity index (χ1) is 22.3. The first-order valence-electron chi connectivity index (χ1n) is 15.1. The minimum absolute atomic E-state index is 0.119. The van der Waals surface area contributed by atoms with Gasteiger partial charge in [-0.3, -0.25) is 0 Å². The SMILES string of the molecule is c1ccc(B2N(c3ccc(-c4nc(-c5ccccc5)cc(-c5ccccc5)n4)cc3)c3cccnc3N2c2ccccc2)cc1. The van der Waals surface area contributed by atoms with Gasteiger partial charge in [0.1, 0.15) is 5.82 Å². The van der Waals surface area contributed by atoms with Crippen LogP contribution in [0.4, 0.5) is 22.9 Å². The number of rotatable bonds is 6. The highest BCUT2D eigenvalue weighted by Crippen LogP contribution is 2.44. The van der Waals surface area contributed by atoms with Crippen LogP contribution in [-0.4, -0.2) is 21.9 Å². The monoisotopic (exact) mass is 577 g/mol. The molecule has 5 nitrogen and oxygen atoms in total. The summed E-state index contributed by atoms with van der Waals surface area (Å²) >= 11 is 0. The number of hydrogen-bond donors (Lipinski definition) is 0. The number of hydrogen-bond acceptors (Lipinski definition) is 5. The third-order valence-electron chi connectivity index (χ3n) is 8.14. The van der Waals surface area contributed by atoms with Crippen LogP contribution in [0.2, 0.25) is 0 Å². The summed E-state index contributed by atoms with van der Waals surface area (Å²) in [6.07, 6.45) is 1.87. The van der Waals surface area contributed by atoms with E-state index < -0.39 is 0 Å². The molecule has 0 spiro atoms. The second-order valence-electron chi connectivity index (χ2n) is 10.9. The van der Waals surface area contributed by atoms with Gasteiger partial charge < -0.3 is 9.62 Å². The molecule has 0 saturated carbocycles. The van der Waals surface area contributed by atoms with Gasteiger partial charge in [-0.05, 0) is 60.1 Å². The van der Waals surface area contributed by atoms with E-state index in [1.165, 1.54) is 5.46 Å². The van der Waals surface area contributed by atoms with Crippen molar-refractivity contribution in [3.8, 4) is 33.9 Å². The lowest BCUT2D eigenvalue weighted by Crippen LogP contribution is -2.53. The van der Waals surface area contributed by atoms with Crippen LogP contribution in [0.1, 0.15) is 0 Å². The van der Waals surface area contributed by atoms with E-state index in [1.54, 1.807) is 0 Å². The number of aromatic nitrogens is 3. The molecule has 1 aliphatic rings. The molecule has 1 aliphatic heterocycles. The fourth-order valence-electron chi connectivity index (χ4n) is 6.04. The Morgan fingerprint density at radius 2 is 0.978 bits per heavy atom. The van der Waals surface area contributed by atoms with Crippen molar-refractivity contribution in [3.05, 3.63) is 170 Å². The maximum atomic E-state index is 5.03. The zero-order valence-electron chi connectivity index (χ0n) is 24.5. The van der Waals surface area contributed by atoms with Crippen LogP contribution in [0, 0.1) is 0 Å². The van der Waals surface area contributed by atoms with Gasteiger partial charge in [0.05, 0.1) is 17.1 Å². The van der Waals surface area contributed by atoms with Crippen LogP contribution >= 0.6 is 0 Å². The minimum Gasteiger partial charge on any atom is -0.359 e. The Labute approximate surface area is 263 Å². The van der Waals surface area contributed by atoms with E-state index in [0.717, 1.165) is 51.0 Å². The molecule has 45 heavy (non-hydrogen) atoms. The van der Waals surface area contributed by atoms with E-state index in [9.17, 15) is 0 Å². The Hall–Kier alpha value is -6.01. The van der Waals surface area contributed by atoms with Crippen LogP contribution in [0.25, 0.3) is 33.9 Å².